The summed E-state index contributed by atoms with van der Waals surface area (Å²) >= 11 is 0. The second-order valence-corrected chi connectivity index (χ2v) is 6.45. The lowest BCUT2D eigenvalue weighted by atomic mass is 10.2. The number of nitrogens with one attached hydrogen (secondary N) is 1. The topological polar surface area (TPSA) is 82.8 Å². The van der Waals surface area contributed by atoms with E-state index in [0.717, 1.165) is 6.42 Å². The first-order chi connectivity index (χ1) is 8.12. The van der Waals surface area contributed by atoms with Gasteiger partial charge in [0.15, 0.2) is 9.84 Å². The third kappa shape index (κ3) is 2.74. The number of pyridine rings is 1. The third-order valence-corrected chi connectivity index (χ3v) is 5.14. The highest BCUT2D eigenvalue weighted by atomic mass is 32.2. The molecule has 1 atom stereocenters. The Kier molecular flexibility index (Phi) is 3.29. The summed E-state index contributed by atoms with van der Waals surface area (Å²) in [4.78, 5) is 4.04. The molecule has 17 heavy (non-hydrogen) atoms. The maximum absolute atomic E-state index is 11.6. The van der Waals surface area contributed by atoms with Crippen LogP contribution in [-0.2, 0) is 9.84 Å². The smallest absolute Gasteiger partial charge is 0.154 e. The monoisotopic (exact) mass is 251 g/mol. The number of hydrogen-bond acceptors (Lipinski definition) is 5. The van der Waals surface area contributed by atoms with Gasteiger partial charge in [0.2, 0.25) is 0 Å². The van der Waals surface area contributed by atoms with Gasteiger partial charge in [-0.25, -0.2) is 13.4 Å². The van der Waals surface area contributed by atoms with Gasteiger partial charge in [-0.2, -0.15) is 5.26 Å². The fourth-order valence-electron chi connectivity index (χ4n) is 1.90. The van der Waals surface area contributed by atoms with Crippen molar-refractivity contribution in [2.45, 2.75) is 18.1 Å². The molecule has 2 rings (SSSR count). The molecular formula is C11H13N3O2S. The summed E-state index contributed by atoms with van der Waals surface area (Å²) in [5, 5.41) is 11.4. The van der Waals surface area contributed by atoms with E-state index < -0.39 is 9.84 Å². The van der Waals surface area contributed by atoms with Crippen molar-refractivity contribution in [2.24, 2.45) is 0 Å². The normalized spacial score (nSPS) is 21.9. The fourth-order valence-corrected chi connectivity index (χ4v) is 3.67. The van der Waals surface area contributed by atoms with E-state index >= 15 is 0 Å². The highest BCUT2D eigenvalue weighted by molar-refractivity contribution is 7.92. The Bertz CT molecular complexity index is 548. The molecule has 1 unspecified atom stereocenters. The molecular weight excluding hydrogens is 238 g/mol. The van der Waals surface area contributed by atoms with Crippen molar-refractivity contribution >= 4 is 15.7 Å². The van der Waals surface area contributed by atoms with Crippen molar-refractivity contribution in [3.05, 3.63) is 23.9 Å². The average molecular weight is 251 g/mol. The van der Waals surface area contributed by atoms with E-state index in [4.69, 9.17) is 5.26 Å². The van der Waals surface area contributed by atoms with Gasteiger partial charge in [0.05, 0.1) is 22.6 Å². The minimum absolute atomic E-state index is 0.283. The molecule has 0 aliphatic carbocycles. The second-order valence-electron chi connectivity index (χ2n) is 4.05. The molecule has 5 nitrogen and oxygen atoms in total. The molecule has 6 heteroatoms. The lowest BCUT2D eigenvalue weighted by Gasteiger charge is -2.11. The summed E-state index contributed by atoms with van der Waals surface area (Å²) in [6, 6.07) is 5.23. The summed E-state index contributed by atoms with van der Waals surface area (Å²) in [7, 11) is -2.93. The first-order valence-corrected chi connectivity index (χ1v) is 7.15. The van der Waals surface area contributed by atoms with Gasteiger partial charge in [0.25, 0.3) is 0 Å². The highest BCUT2D eigenvalue weighted by Gasteiger charge is 2.30. The Balaban J connectivity index is 2.01. The zero-order chi connectivity index (χ0) is 12.3. The van der Waals surface area contributed by atoms with E-state index in [0.29, 0.717) is 24.3 Å². The molecule has 1 saturated heterocycles. The van der Waals surface area contributed by atoms with Crippen LogP contribution >= 0.6 is 0 Å². The van der Waals surface area contributed by atoms with Crippen LogP contribution in [0.3, 0.4) is 0 Å². The zero-order valence-corrected chi connectivity index (χ0v) is 10.1. The van der Waals surface area contributed by atoms with Crippen molar-refractivity contribution in [1.82, 2.24) is 4.98 Å². The van der Waals surface area contributed by atoms with Crippen LogP contribution < -0.4 is 5.32 Å². The number of rotatable bonds is 3. The van der Waals surface area contributed by atoms with Crippen molar-refractivity contribution in [1.29, 1.82) is 5.26 Å². The quantitative estimate of drug-likeness (QED) is 0.864. The first kappa shape index (κ1) is 11.9. The molecule has 1 aliphatic rings. The predicted molar refractivity (Wildman–Crippen MR) is 64.3 cm³/mol. The van der Waals surface area contributed by atoms with Gasteiger partial charge in [-0.3, -0.25) is 0 Å². The summed E-state index contributed by atoms with van der Waals surface area (Å²) in [5.41, 5.74) is 0.511. The van der Waals surface area contributed by atoms with Crippen LogP contribution in [0.25, 0.3) is 0 Å². The second kappa shape index (κ2) is 4.72. The first-order valence-electron chi connectivity index (χ1n) is 5.43. The van der Waals surface area contributed by atoms with Crippen LogP contribution in [0, 0.1) is 11.3 Å². The maximum atomic E-state index is 11.6. The van der Waals surface area contributed by atoms with E-state index in [2.05, 4.69) is 10.3 Å². The fraction of sp³-hybridized carbons (Fsp3) is 0.455. The summed E-state index contributed by atoms with van der Waals surface area (Å²) in [5.74, 6) is 0.830. The Hall–Kier alpha value is -1.61. The lowest BCUT2D eigenvalue weighted by molar-refractivity contribution is 0.591. The standard InChI is InChI=1S/C11H13N3O2S/c12-7-9-3-4-13-11(6-9)14-8-10-2-1-5-17(10,15)16/h3-4,6,10H,1-2,5,8H2,(H,13,14). The van der Waals surface area contributed by atoms with Crippen LogP contribution in [0.15, 0.2) is 18.3 Å². The molecule has 0 saturated carbocycles. The van der Waals surface area contributed by atoms with Crippen LogP contribution in [-0.4, -0.2) is 30.9 Å². The molecule has 0 aromatic carbocycles. The van der Waals surface area contributed by atoms with E-state index in [1.54, 1.807) is 12.1 Å². The number of nitriles is 1. The Morgan fingerprint density at radius 3 is 3.06 bits per heavy atom. The molecule has 2 heterocycles. The number of nitrogens with zero attached hydrogens (tertiary/aromatic N) is 2. The van der Waals surface area contributed by atoms with Crippen LogP contribution in [0.1, 0.15) is 18.4 Å². The number of hydrogen-bond donors (Lipinski definition) is 1. The molecule has 0 bridgehead atoms. The highest BCUT2D eigenvalue weighted by Crippen LogP contribution is 2.20. The van der Waals surface area contributed by atoms with Crippen LogP contribution in [0.5, 0.6) is 0 Å². The largest absolute Gasteiger partial charge is 0.369 e. The van der Waals surface area contributed by atoms with Gasteiger partial charge >= 0.3 is 0 Å². The maximum Gasteiger partial charge on any atom is 0.154 e. The molecule has 1 fully saturated rings. The molecule has 0 spiro atoms. The van der Waals surface area contributed by atoms with E-state index in [-0.39, 0.29) is 11.0 Å². The third-order valence-electron chi connectivity index (χ3n) is 2.86. The van der Waals surface area contributed by atoms with E-state index in [1.807, 2.05) is 6.07 Å². The Morgan fingerprint density at radius 2 is 2.41 bits per heavy atom. The van der Waals surface area contributed by atoms with Crippen molar-refractivity contribution < 1.29 is 8.42 Å². The minimum Gasteiger partial charge on any atom is -0.369 e. The number of sulfone groups is 1. The Morgan fingerprint density at radius 1 is 1.59 bits per heavy atom. The lowest BCUT2D eigenvalue weighted by Crippen LogP contribution is -2.25. The van der Waals surface area contributed by atoms with Gasteiger partial charge in [0, 0.05) is 12.7 Å². The molecule has 1 aromatic heterocycles. The average Bonchev–Trinajstić information content (AvgIpc) is 2.66. The summed E-state index contributed by atoms with van der Waals surface area (Å²) < 4.78 is 23.2. The van der Waals surface area contributed by atoms with Gasteiger partial charge in [-0.1, -0.05) is 0 Å². The molecule has 0 amide bonds. The van der Waals surface area contributed by atoms with Crippen molar-refractivity contribution in [3.63, 3.8) is 0 Å². The van der Waals surface area contributed by atoms with Gasteiger partial charge in [-0.05, 0) is 25.0 Å². The van der Waals surface area contributed by atoms with Gasteiger partial charge in [-0.15, -0.1) is 0 Å². The molecule has 1 aliphatic heterocycles. The number of anilines is 1. The van der Waals surface area contributed by atoms with Crippen molar-refractivity contribution in [2.75, 3.05) is 17.6 Å². The predicted octanol–water partition coefficient (Wildman–Crippen LogP) is 0.942. The van der Waals surface area contributed by atoms with E-state index in [9.17, 15) is 8.42 Å². The Labute approximate surface area is 100 Å². The molecule has 90 valence electrons. The SMILES string of the molecule is N#Cc1ccnc(NCC2CCCS2(=O)=O)c1. The number of aromatic nitrogens is 1. The summed E-state index contributed by atoms with van der Waals surface area (Å²) in [6.07, 6.45) is 2.97. The van der Waals surface area contributed by atoms with Gasteiger partial charge < -0.3 is 5.32 Å². The molecule has 1 aromatic rings. The van der Waals surface area contributed by atoms with E-state index in [1.165, 1.54) is 6.20 Å². The minimum atomic E-state index is -2.93. The summed E-state index contributed by atoms with van der Waals surface area (Å²) in [6.45, 7) is 0.365. The van der Waals surface area contributed by atoms with Gasteiger partial charge in [0.1, 0.15) is 5.82 Å². The van der Waals surface area contributed by atoms with Crippen LogP contribution in [0.4, 0.5) is 5.82 Å². The molecule has 1 N–H and O–H groups in total. The van der Waals surface area contributed by atoms with Crippen molar-refractivity contribution in [3.8, 4) is 6.07 Å². The van der Waals surface area contributed by atoms with Crippen LogP contribution in [0.2, 0.25) is 0 Å². The molecule has 0 radical (unpaired) electrons. The zero-order valence-electron chi connectivity index (χ0n) is 9.26.